The maximum absolute atomic E-state index is 13.6. The summed E-state index contributed by atoms with van der Waals surface area (Å²) in [4.78, 5) is 33.8. The van der Waals surface area contributed by atoms with E-state index in [2.05, 4.69) is 0 Å². The molecule has 0 radical (unpaired) electrons. The van der Waals surface area contributed by atoms with E-state index in [9.17, 15) is 9.59 Å². The third-order valence-electron chi connectivity index (χ3n) is 7.03. The van der Waals surface area contributed by atoms with Gasteiger partial charge in [0.2, 0.25) is 5.91 Å². The lowest BCUT2D eigenvalue weighted by Crippen LogP contribution is -2.39. The minimum Gasteiger partial charge on any atom is -0.383 e. The van der Waals surface area contributed by atoms with Crippen LogP contribution in [0.3, 0.4) is 0 Å². The molecule has 0 spiro atoms. The van der Waals surface area contributed by atoms with Crippen molar-refractivity contribution in [2.45, 2.75) is 58.4 Å². The Morgan fingerprint density at radius 2 is 1.85 bits per heavy atom. The van der Waals surface area contributed by atoms with Gasteiger partial charge in [-0.1, -0.05) is 55.5 Å². The number of nitrogens with zero attached hydrogens (tertiary/aromatic N) is 3. The third-order valence-corrected chi connectivity index (χ3v) is 7.03. The predicted octanol–water partition coefficient (Wildman–Crippen LogP) is 5.20. The summed E-state index contributed by atoms with van der Waals surface area (Å²) in [5.74, 6) is 1.31. The highest BCUT2D eigenvalue weighted by Crippen LogP contribution is 2.30. The van der Waals surface area contributed by atoms with Gasteiger partial charge in [-0.25, -0.2) is 4.98 Å². The van der Waals surface area contributed by atoms with Crippen LogP contribution in [0.5, 0.6) is 0 Å². The lowest BCUT2D eigenvalue weighted by Gasteiger charge is -2.31. The molecule has 1 heterocycles. The smallest absolute Gasteiger partial charge is 0.266 e. The van der Waals surface area contributed by atoms with E-state index < -0.39 is 0 Å². The van der Waals surface area contributed by atoms with E-state index in [0.717, 1.165) is 17.7 Å². The zero-order valence-electron chi connectivity index (χ0n) is 20.5. The van der Waals surface area contributed by atoms with Crippen molar-refractivity contribution in [2.75, 3.05) is 20.3 Å². The van der Waals surface area contributed by atoms with Crippen LogP contribution in [0.2, 0.25) is 0 Å². The molecule has 1 fully saturated rings. The molecular formula is C28H35N3O3. The Balaban J connectivity index is 1.75. The molecule has 0 bridgehead atoms. The zero-order chi connectivity index (χ0) is 24.1. The Morgan fingerprint density at radius 3 is 2.56 bits per heavy atom. The largest absolute Gasteiger partial charge is 0.383 e. The van der Waals surface area contributed by atoms with E-state index in [1.54, 1.807) is 17.7 Å². The van der Waals surface area contributed by atoms with Gasteiger partial charge in [0.15, 0.2) is 0 Å². The number of carbonyl (C=O) groups excluding carboxylic acids is 1. The summed E-state index contributed by atoms with van der Waals surface area (Å²) < 4.78 is 6.99. The summed E-state index contributed by atoms with van der Waals surface area (Å²) in [6, 6.07) is 14.9. The van der Waals surface area contributed by atoms with E-state index in [1.807, 2.05) is 61.2 Å². The van der Waals surface area contributed by atoms with Crippen molar-refractivity contribution >= 4 is 16.8 Å². The molecule has 0 aliphatic heterocycles. The average molecular weight is 462 g/mol. The highest BCUT2D eigenvalue weighted by Gasteiger charge is 2.27. The second-order valence-electron chi connectivity index (χ2n) is 9.41. The molecule has 0 saturated heterocycles. The second-order valence-corrected chi connectivity index (χ2v) is 9.41. The van der Waals surface area contributed by atoms with Gasteiger partial charge in [0.1, 0.15) is 5.82 Å². The van der Waals surface area contributed by atoms with E-state index in [0.29, 0.717) is 42.2 Å². The van der Waals surface area contributed by atoms with Gasteiger partial charge in [-0.05, 0) is 50.5 Å². The number of hydrogen-bond acceptors (Lipinski definition) is 4. The SMILES string of the molecule is COCCN(C(=O)CCC1CCCC1)C(C)c1nc2ccccc2c(=O)n1-c1ccc(C)cc1. The molecule has 1 aliphatic rings. The molecule has 0 N–H and O–H groups in total. The lowest BCUT2D eigenvalue weighted by atomic mass is 10.0. The average Bonchev–Trinajstić information content (AvgIpc) is 3.37. The minimum absolute atomic E-state index is 0.0920. The summed E-state index contributed by atoms with van der Waals surface area (Å²) in [5, 5.41) is 0.565. The van der Waals surface area contributed by atoms with Gasteiger partial charge in [-0.3, -0.25) is 14.2 Å². The summed E-state index contributed by atoms with van der Waals surface area (Å²) in [6.07, 6.45) is 6.42. The van der Waals surface area contributed by atoms with Crippen molar-refractivity contribution in [3.05, 3.63) is 70.3 Å². The molecule has 1 aromatic heterocycles. The summed E-state index contributed by atoms with van der Waals surface area (Å²) >= 11 is 0. The Kier molecular flexibility index (Phi) is 7.78. The van der Waals surface area contributed by atoms with Gasteiger partial charge in [0, 0.05) is 20.1 Å². The van der Waals surface area contributed by atoms with Crippen molar-refractivity contribution in [3.63, 3.8) is 0 Å². The number of carbonyl (C=O) groups is 1. The van der Waals surface area contributed by atoms with Crippen molar-refractivity contribution in [1.29, 1.82) is 0 Å². The maximum atomic E-state index is 13.6. The molecule has 3 aromatic rings. The van der Waals surface area contributed by atoms with Crippen LogP contribution in [0.25, 0.3) is 16.6 Å². The molecule has 1 saturated carbocycles. The first-order chi connectivity index (χ1) is 16.5. The van der Waals surface area contributed by atoms with Crippen LogP contribution < -0.4 is 5.56 Å². The van der Waals surface area contributed by atoms with Gasteiger partial charge in [0.25, 0.3) is 5.56 Å². The number of aryl methyl sites for hydroxylation is 1. The number of ether oxygens (including phenoxy) is 1. The lowest BCUT2D eigenvalue weighted by molar-refractivity contribution is -0.134. The maximum Gasteiger partial charge on any atom is 0.266 e. The number of aromatic nitrogens is 2. The van der Waals surface area contributed by atoms with Crippen LogP contribution in [0.4, 0.5) is 0 Å². The Bertz CT molecular complexity index is 1180. The van der Waals surface area contributed by atoms with Crippen LogP contribution in [0.1, 0.15) is 62.9 Å². The molecule has 6 nitrogen and oxygen atoms in total. The number of methoxy groups -OCH3 is 1. The molecule has 2 aromatic carbocycles. The van der Waals surface area contributed by atoms with E-state index in [-0.39, 0.29) is 17.5 Å². The van der Waals surface area contributed by atoms with Gasteiger partial charge in [0.05, 0.1) is 29.2 Å². The molecule has 1 amide bonds. The number of hydrogen-bond donors (Lipinski definition) is 0. The van der Waals surface area contributed by atoms with Crippen molar-refractivity contribution < 1.29 is 9.53 Å². The topological polar surface area (TPSA) is 64.4 Å². The fourth-order valence-corrected chi connectivity index (χ4v) is 5.01. The number of amides is 1. The number of benzene rings is 2. The van der Waals surface area contributed by atoms with Crippen LogP contribution in [-0.2, 0) is 9.53 Å². The molecule has 1 atom stereocenters. The van der Waals surface area contributed by atoms with Crippen LogP contribution in [0.15, 0.2) is 53.3 Å². The molecule has 4 rings (SSSR count). The monoisotopic (exact) mass is 461 g/mol. The first-order valence-electron chi connectivity index (χ1n) is 12.4. The molecule has 1 aliphatic carbocycles. The Morgan fingerprint density at radius 1 is 1.15 bits per heavy atom. The quantitative estimate of drug-likeness (QED) is 0.439. The number of para-hydroxylation sites is 1. The minimum atomic E-state index is -0.384. The molecule has 34 heavy (non-hydrogen) atoms. The van der Waals surface area contributed by atoms with E-state index >= 15 is 0 Å². The van der Waals surface area contributed by atoms with Gasteiger partial charge >= 0.3 is 0 Å². The van der Waals surface area contributed by atoms with Crippen molar-refractivity contribution in [1.82, 2.24) is 14.5 Å². The molecule has 180 valence electrons. The summed E-state index contributed by atoms with van der Waals surface area (Å²) in [6.45, 7) is 4.87. The third kappa shape index (κ3) is 5.22. The van der Waals surface area contributed by atoms with Crippen molar-refractivity contribution in [3.8, 4) is 5.69 Å². The van der Waals surface area contributed by atoms with E-state index in [1.165, 1.54) is 25.7 Å². The highest BCUT2D eigenvalue weighted by atomic mass is 16.5. The molecule has 1 unspecified atom stereocenters. The highest BCUT2D eigenvalue weighted by molar-refractivity contribution is 5.79. The van der Waals surface area contributed by atoms with Crippen LogP contribution in [-0.4, -0.2) is 40.6 Å². The molecule has 6 heteroatoms. The number of fused-ring (bicyclic) bond motifs is 1. The van der Waals surface area contributed by atoms with Gasteiger partial charge in [-0.2, -0.15) is 0 Å². The Hall–Kier alpha value is -2.99. The van der Waals surface area contributed by atoms with E-state index in [4.69, 9.17) is 9.72 Å². The Labute approximate surface area is 201 Å². The van der Waals surface area contributed by atoms with Crippen LogP contribution >= 0.6 is 0 Å². The van der Waals surface area contributed by atoms with Gasteiger partial charge < -0.3 is 9.64 Å². The first kappa shape index (κ1) is 24.1. The van der Waals surface area contributed by atoms with Crippen molar-refractivity contribution in [2.24, 2.45) is 5.92 Å². The molecular weight excluding hydrogens is 426 g/mol. The van der Waals surface area contributed by atoms with Gasteiger partial charge in [-0.15, -0.1) is 0 Å². The normalized spacial score (nSPS) is 15.0. The fourth-order valence-electron chi connectivity index (χ4n) is 5.01. The van der Waals surface area contributed by atoms with Crippen LogP contribution in [0, 0.1) is 12.8 Å². The second kappa shape index (κ2) is 11.0. The summed E-state index contributed by atoms with van der Waals surface area (Å²) in [5.41, 5.74) is 2.38. The summed E-state index contributed by atoms with van der Waals surface area (Å²) in [7, 11) is 1.64. The fraction of sp³-hybridized carbons (Fsp3) is 0.464. The zero-order valence-corrected chi connectivity index (χ0v) is 20.5. The standard InChI is InChI=1S/C28H35N3O3/c1-20-12-15-23(16-13-20)31-27(29-25-11-7-6-10-24(25)28(31)33)21(2)30(18-19-34-3)26(32)17-14-22-8-4-5-9-22/h6-7,10-13,15-16,21-22H,4-5,8-9,14,17-19H2,1-3H3. The first-order valence-corrected chi connectivity index (χ1v) is 12.4. The predicted molar refractivity (Wildman–Crippen MR) is 135 cm³/mol. The number of rotatable bonds is 9.